The number of hydrogen-bond acceptors (Lipinski definition) is 6. The summed E-state index contributed by atoms with van der Waals surface area (Å²) >= 11 is 0. The van der Waals surface area contributed by atoms with Gasteiger partial charge in [0, 0.05) is 18.0 Å². The number of sulfonamides is 1. The number of fused-ring (bicyclic) bond motifs is 2. The van der Waals surface area contributed by atoms with Gasteiger partial charge in [0.1, 0.15) is 27.8 Å². The Hall–Kier alpha value is -3.40. The molecule has 0 unspecified atom stereocenters. The summed E-state index contributed by atoms with van der Waals surface area (Å²) in [5.41, 5.74) is -0.599. The van der Waals surface area contributed by atoms with Gasteiger partial charge in [0.05, 0.1) is 11.2 Å². The SMILES string of the molecule is CC(C)CCn1c(=O)c(C2=NS(=O)(=O)c3cc(O)ccc3N2)c(O)c2cc(F)ccc21. The van der Waals surface area contributed by atoms with E-state index in [2.05, 4.69) is 9.71 Å². The maximum absolute atomic E-state index is 13.9. The highest BCUT2D eigenvalue weighted by molar-refractivity contribution is 7.90. The first-order valence-electron chi connectivity index (χ1n) is 9.59. The molecule has 0 aliphatic carbocycles. The van der Waals surface area contributed by atoms with Gasteiger partial charge in [0.2, 0.25) is 0 Å². The second-order valence-electron chi connectivity index (χ2n) is 7.74. The van der Waals surface area contributed by atoms with Crippen LogP contribution in [0.3, 0.4) is 0 Å². The van der Waals surface area contributed by atoms with Gasteiger partial charge in [-0.1, -0.05) is 13.8 Å². The topological polar surface area (TPSA) is 121 Å². The molecule has 31 heavy (non-hydrogen) atoms. The van der Waals surface area contributed by atoms with Crippen LogP contribution in [0.1, 0.15) is 25.8 Å². The number of phenolic OH excluding ortho intramolecular Hbond substituents is 1. The van der Waals surface area contributed by atoms with Crippen molar-refractivity contribution in [2.75, 3.05) is 5.32 Å². The van der Waals surface area contributed by atoms with Crippen molar-refractivity contribution in [2.24, 2.45) is 10.3 Å². The largest absolute Gasteiger partial charge is 0.508 e. The fraction of sp³-hybridized carbons (Fsp3) is 0.238. The van der Waals surface area contributed by atoms with Crippen molar-refractivity contribution < 1.29 is 23.0 Å². The maximum Gasteiger partial charge on any atom is 0.286 e. The van der Waals surface area contributed by atoms with E-state index in [1.165, 1.54) is 28.8 Å². The Morgan fingerprint density at radius 1 is 1.16 bits per heavy atom. The molecule has 2 aromatic carbocycles. The highest BCUT2D eigenvalue weighted by atomic mass is 32.2. The van der Waals surface area contributed by atoms with Gasteiger partial charge >= 0.3 is 0 Å². The second kappa shape index (κ2) is 7.38. The fourth-order valence-electron chi connectivity index (χ4n) is 3.49. The van der Waals surface area contributed by atoms with E-state index in [0.29, 0.717) is 11.9 Å². The van der Waals surface area contributed by atoms with E-state index >= 15 is 0 Å². The lowest BCUT2D eigenvalue weighted by atomic mass is 10.1. The molecule has 0 amide bonds. The number of nitrogens with zero attached hydrogens (tertiary/aromatic N) is 2. The van der Waals surface area contributed by atoms with Crippen LogP contribution < -0.4 is 10.9 Å². The highest BCUT2D eigenvalue weighted by Crippen LogP contribution is 2.34. The van der Waals surface area contributed by atoms with Crippen molar-refractivity contribution in [3.8, 4) is 11.5 Å². The Labute approximate surface area is 177 Å². The third-order valence-electron chi connectivity index (χ3n) is 5.07. The Morgan fingerprint density at radius 3 is 2.61 bits per heavy atom. The van der Waals surface area contributed by atoms with Gasteiger partial charge in [-0.2, -0.15) is 8.42 Å². The van der Waals surface area contributed by atoms with E-state index in [4.69, 9.17) is 0 Å². The summed E-state index contributed by atoms with van der Waals surface area (Å²) in [7, 11) is -4.26. The molecule has 0 saturated carbocycles. The lowest BCUT2D eigenvalue weighted by Crippen LogP contribution is -2.33. The predicted octanol–water partition coefficient (Wildman–Crippen LogP) is 3.16. The first kappa shape index (κ1) is 20.9. The predicted molar refractivity (Wildman–Crippen MR) is 115 cm³/mol. The fourth-order valence-corrected chi connectivity index (χ4v) is 4.63. The molecular formula is C21H20FN3O5S. The minimum atomic E-state index is -4.26. The third-order valence-corrected chi connectivity index (χ3v) is 6.39. The molecule has 4 rings (SSSR count). The Bertz CT molecular complexity index is 1410. The monoisotopic (exact) mass is 445 g/mol. The normalized spacial score (nSPS) is 14.9. The van der Waals surface area contributed by atoms with E-state index in [1.54, 1.807) is 0 Å². The molecule has 2 heterocycles. The van der Waals surface area contributed by atoms with Crippen LogP contribution in [0.4, 0.5) is 10.1 Å². The molecule has 1 aromatic heterocycles. The molecule has 0 fully saturated rings. The number of hydrogen-bond donors (Lipinski definition) is 3. The first-order valence-corrected chi connectivity index (χ1v) is 11.0. The summed E-state index contributed by atoms with van der Waals surface area (Å²) in [6, 6.07) is 7.32. The van der Waals surface area contributed by atoms with Gasteiger partial charge in [-0.15, -0.1) is 4.40 Å². The quantitative estimate of drug-likeness (QED) is 0.531. The number of pyridine rings is 1. The lowest BCUT2D eigenvalue weighted by Gasteiger charge is -2.21. The zero-order chi connectivity index (χ0) is 22.5. The van der Waals surface area contributed by atoms with Crippen LogP contribution in [0.5, 0.6) is 11.5 Å². The first-order chi connectivity index (χ1) is 14.6. The van der Waals surface area contributed by atoms with E-state index in [9.17, 15) is 27.8 Å². The molecule has 8 nitrogen and oxygen atoms in total. The van der Waals surface area contributed by atoms with E-state index in [-0.39, 0.29) is 45.6 Å². The van der Waals surface area contributed by atoms with Crippen molar-refractivity contribution in [2.45, 2.75) is 31.7 Å². The zero-order valence-electron chi connectivity index (χ0n) is 16.8. The van der Waals surface area contributed by atoms with Gasteiger partial charge < -0.3 is 20.1 Å². The summed E-state index contributed by atoms with van der Waals surface area (Å²) < 4.78 is 44.3. The van der Waals surface area contributed by atoms with Crippen molar-refractivity contribution in [3.63, 3.8) is 0 Å². The Balaban J connectivity index is 1.99. The average Bonchev–Trinajstić information content (AvgIpc) is 2.68. The molecule has 3 N–H and O–H groups in total. The summed E-state index contributed by atoms with van der Waals surface area (Å²) in [4.78, 5) is 13.1. The van der Waals surface area contributed by atoms with Crippen molar-refractivity contribution in [1.29, 1.82) is 0 Å². The molecule has 0 bridgehead atoms. The summed E-state index contributed by atoms with van der Waals surface area (Å²) in [6.07, 6.45) is 0.636. The Kier molecular flexibility index (Phi) is 4.97. The number of anilines is 1. The lowest BCUT2D eigenvalue weighted by molar-refractivity contribution is 0.472. The molecule has 1 aliphatic rings. The van der Waals surface area contributed by atoms with Crippen molar-refractivity contribution >= 4 is 32.4 Å². The maximum atomic E-state index is 13.9. The van der Waals surface area contributed by atoms with E-state index in [0.717, 1.165) is 12.1 Å². The van der Waals surface area contributed by atoms with Gasteiger partial charge in [0.15, 0.2) is 5.84 Å². The number of halogens is 1. The number of aromatic nitrogens is 1. The number of benzene rings is 2. The number of phenols is 1. The molecule has 0 atom stereocenters. The molecule has 0 spiro atoms. The number of nitrogens with one attached hydrogen (secondary N) is 1. The van der Waals surface area contributed by atoms with Gasteiger partial charge in [-0.25, -0.2) is 4.39 Å². The van der Waals surface area contributed by atoms with Gasteiger partial charge in [0.25, 0.3) is 15.6 Å². The third kappa shape index (κ3) is 3.63. The number of amidine groups is 1. The van der Waals surface area contributed by atoms with Crippen LogP contribution >= 0.6 is 0 Å². The number of rotatable bonds is 4. The molecule has 162 valence electrons. The van der Waals surface area contributed by atoms with Crippen LogP contribution in [0.25, 0.3) is 10.9 Å². The van der Waals surface area contributed by atoms with Crippen LogP contribution in [-0.4, -0.2) is 29.0 Å². The van der Waals surface area contributed by atoms with Gasteiger partial charge in [-0.3, -0.25) is 4.79 Å². The van der Waals surface area contributed by atoms with Crippen LogP contribution in [0, 0.1) is 11.7 Å². The number of aromatic hydroxyl groups is 2. The molecular weight excluding hydrogens is 425 g/mol. The number of aryl methyl sites for hydroxylation is 1. The molecule has 3 aromatic rings. The zero-order valence-corrected chi connectivity index (χ0v) is 17.6. The standard InChI is InChI=1S/C21H20FN3O5S/c1-11(2)7-8-25-16-6-3-12(22)9-14(16)19(27)18(21(25)28)20-23-15-5-4-13(26)10-17(15)31(29,30)24-20/h3-6,9-11,26-27H,7-8H2,1-2H3,(H,23,24). The van der Waals surface area contributed by atoms with Crippen molar-refractivity contribution in [3.05, 3.63) is 58.1 Å². The minimum Gasteiger partial charge on any atom is -0.508 e. The molecule has 0 saturated heterocycles. The van der Waals surface area contributed by atoms with Gasteiger partial charge in [-0.05, 0) is 42.7 Å². The molecule has 10 heteroatoms. The van der Waals surface area contributed by atoms with Crippen LogP contribution in [-0.2, 0) is 16.6 Å². The molecule has 1 aliphatic heterocycles. The average molecular weight is 445 g/mol. The smallest absolute Gasteiger partial charge is 0.286 e. The van der Waals surface area contributed by atoms with E-state index < -0.39 is 27.1 Å². The summed E-state index contributed by atoms with van der Waals surface area (Å²) in [5.74, 6) is -1.54. The van der Waals surface area contributed by atoms with Crippen molar-refractivity contribution in [1.82, 2.24) is 4.57 Å². The summed E-state index contributed by atoms with van der Waals surface area (Å²) in [5, 5.41) is 23.3. The summed E-state index contributed by atoms with van der Waals surface area (Å²) in [6.45, 7) is 4.26. The minimum absolute atomic E-state index is 0.0664. The van der Waals surface area contributed by atoms with Crippen LogP contribution in [0.2, 0.25) is 0 Å². The second-order valence-corrected chi connectivity index (χ2v) is 9.32. The Morgan fingerprint density at radius 2 is 1.90 bits per heavy atom. The van der Waals surface area contributed by atoms with Crippen LogP contribution in [0.15, 0.2) is 50.5 Å². The molecule has 0 radical (unpaired) electrons. The highest BCUT2D eigenvalue weighted by Gasteiger charge is 2.30. The van der Waals surface area contributed by atoms with E-state index in [1.807, 2.05) is 13.8 Å².